The number of hydrogen-bond acceptors (Lipinski definition) is 3. The van der Waals surface area contributed by atoms with Crippen molar-refractivity contribution in [1.82, 2.24) is 9.97 Å². The predicted molar refractivity (Wildman–Crippen MR) is 91.2 cm³/mol. The fourth-order valence-corrected chi connectivity index (χ4v) is 2.83. The van der Waals surface area contributed by atoms with Gasteiger partial charge < -0.3 is 4.42 Å². The lowest BCUT2D eigenvalue weighted by Crippen LogP contribution is -1.94. The average molecular weight is 300 g/mol. The summed E-state index contributed by atoms with van der Waals surface area (Å²) in [7, 11) is 0. The number of furan rings is 1. The van der Waals surface area contributed by atoms with E-state index >= 15 is 0 Å². The third kappa shape index (κ3) is 2.73. The fraction of sp³-hybridized carbons (Fsp3) is 0.100. The van der Waals surface area contributed by atoms with Crippen molar-refractivity contribution in [2.75, 3.05) is 0 Å². The standard InChI is InChI=1S/C20H16N2O/c1-14-6-7-16(9-15-11-21-13-22-12-15)18(8-14)20-10-17-4-2-3-5-19(17)23-20/h2-8,10-13H,9H2,1H3. The van der Waals surface area contributed by atoms with Gasteiger partial charge in [-0.3, -0.25) is 0 Å². The number of hydrogen-bond donors (Lipinski definition) is 0. The van der Waals surface area contributed by atoms with Gasteiger partial charge in [0.1, 0.15) is 17.7 Å². The Morgan fingerprint density at radius 3 is 2.61 bits per heavy atom. The molecule has 4 aromatic rings. The van der Waals surface area contributed by atoms with Gasteiger partial charge in [0.05, 0.1) is 0 Å². The molecule has 0 unspecified atom stereocenters. The van der Waals surface area contributed by atoms with Crippen LogP contribution in [0.4, 0.5) is 0 Å². The van der Waals surface area contributed by atoms with Crippen LogP contribution in [0.1, 0.15) is 16.7 Å². The van der Waals surface area contributed by atoms with E-state index in [4.69, 9.17) is 4.42 Å². The van der Waals surface area contributed by atoms with E-state index in [1.807, 2.05) is 30.6 Å². The molecule has 0 aliphatic carbocycles. The molecule has 0 N–H and O–H groups in total. The summed E-state index contributed by atoms with van der Waals surface area (Å²) in [4.78, 5) is 8.20. The zero-order chi connectivity index (χ0) is 15.6. The number of aromatic nitrogens is 2. The second-order valence-corrected chi connectivity index (χ2v) is 5.73. The Labute approximate surface area is 134 Å². The summed E-state index contributed by atoms with van der Waals surface area (Å²) >= 11 is 0. The van der Waals surface area contributed by atoms with Crippen molar-refractivity contribution in [2.45, 2.75) is 13.3 Å². The smallest absolute Gasteiger partial charge is 0.135 e. The molecule has 0 bridgehead atoms. The van der Waals surface area contributed by atoms with Crippen molar-refractivity contribution in [3.05, 3.63) is 83.9 Å². The van der Waals surface area contributed by atoms with Crippen molar-refractivity contribution in [3.63, 3.8) is 0 Å². The first-order chi connectivity index (χ1) is 11.3. The minimum Gasteiger partial charge on any atom is -0.456 e. The monoisotopic (exact) mass is 300 g/mol. The van der Waals surface area contributed by atoms with Crippen molar-refractivity contribution in [1.29, 1.82) is 0 Å². The van der Waals surface area contributed by atoms with Gasteiger partial charge in [0.15, 0.2) is 0 Å². The summed E-state index contributed by atoms with van der Waals surface area (Å²) in [5.41, 5.74) is 5.56. The molecule has 2 aromatic heterocycles. The van der Waals surface area contributed by atoms with Gasteiger partial charge >= 0.3 is 0 Å². The van der Waals surface area contributed by atoms with E-state index in [0.717, 1.165) is 34.3 Å². The van der Waals surface area contributed by atoms with Gasteiger partial charge in [-0.25, -0.2) is 9.97 Å². The van der Waals surface area contributed by atoms with E-state index in [2.05, 4.69) is 47.2 Å². The van der Waals surface area contributed by atoms with Gasteiger partial charge in [-0.1, -0.05) is 35.9 Å². The lowest BCUT2D eigenvalue weighted by molar-refractivity contribution is 0.630. The molecule has 2 heterocycles. The molecular weight excluding hydrogens is 284 g/mol. The number of aryl methyl sites for hydroxylation is 1. The van der Waals surface area contributed by atoms with Crippen molar-refractivity contribution < 1.29 is 4.42 Å². The number of nitrogens with zero attached hydrogens (tertiary/aromatic N) is 2. The molecule has 2 aromatic carbocycles. The van der Waals surface area contributed by atoms with Crippen LogP contribution in [0.5, 0.6) is 0 Å². The Hall–Kier alpha value is -2.94. The van der Waals surface area contributed by atoms with Gasteiger partial charge in [-0.2, -0.15) is 0 Å². The molecule has 0 spiro atoms. The molecule has 0 radical (unpaired) electrons. The van der Waals surface area contributed by atoms with Crippen LogP contribution in [0.15, 0.2) is 71.7 Å². The number of para-hydroxylation sites is 1. The normalized spacial score (nSPS) is 11.0. The Bertz CT molecular complexity index is 925. The Balaban J connectivity index is 1.82. The quantitative estimate of drug-likeness (QED) is 0.546. The maximum Gasteiger partial charge on any atom is 0.135 e. The summed E-state index contributed by atoms with van der Waals surface area (Å²) in [5.74, 6) is 0.904. The highest BCUT2D eigenvalue weighted by Crippen LogP contribution is 2.31. The minimum absolute atomic E-state index is 0.785. The summed E-state index contributed by atoms with van der Waals surface area (Å²) in [6, 6.07) is 16.7. The molecular formula is C20H16N2O. The zero-order valence-electron chi connectivity index (χ0n) is 12.9. The maximum absolute atomic E-state index is 6.06. The highest BCUT2D eigenvalue weighted by Gasteiger charge is 2.11. The summed E-state index contributed by atoms with van der Waals surface area (Å²) in [5, 5.41) is 1.12. The third-order valence-electron chi connectivity index (χ3n) is 3.96. The predicted octanol–water partition coefficient (Wildman–Crippen LogP) is 4.79. The largest absolute Gasteiger partial charge is 0.456 e. The van der Waals surface area contributed by atoms with Crippen LogP contribution >= 0.6 is 0 Å². The lowest BCUT2D eigenvalue weighted by Gasteiger charge is -2.08. The first kappa shape index (κ1) is 13.7. The molecule has 0 saturated carbocycles. The van der Waals surface area contributed by atoms with Gasteiger partial charge in [0, 0.05) is 29.8 Å². The lowest BCUT2D eigenvalue weighted by atomic mass is 9.97. The van der Waals surface area contributed by atoms with E-state index in [-0.39, 0.29) is 0 Å². The van der Waals surface area contributed by atoms with Crippen molar-refractivity contribution in [3.8, 4) is 11.3 Å². The van der Waals surface area contributed by atoms with E-state index in [9.17, 15) is 0 Å². The molecule has 0 fully saturated rings. The molecule has 4 rings (SSSR count). The van der Waals surface area contributed by atoms with E-state index in [1.54, 1.807) is 6.33 Å². The van der Waals surface area contributed by atoms with Gasteiger partial charge in [0.25, 0.3) is 0 Å². The van der Waals surface area contributed by atoms with Crippen LogP contribution in [0, 0.1) is 6.92 Å². The Kier molecular flexibility index (Phi) is 3.39. The molecule has 23 heavy (non-hydrogen) atoms. The van der Waals surface area contributed by atoms with E-state index in [0.29, 0.717) is 0 Å². The number of benzene rings is 2. The second kappa shape index (κ2) is 5.69. The second-order valence-electron chi connectivity index (χ2n) is 5.73. The molecule has 0 saturated heterocycles. The number of fused-ring (bicyclic) bond motifs is 1. The van der Waals surface area contributed by atoms with Crippen molar-refractivity contribution in [2.24, 2.45) is 0 Å². The Morgan fingerprint density at radius 2 is 1.78 bits per heavy atom. The molecule has 0 aliphatic heterocycles. The SMILES string of the molecule is Cc1ccc(Cc2cncnc2)c(-c2cc3ccccc3o2)c1. The van der Waals surface area contributed by atoms with Crippen LogP contribution < -0.4 is 0 Å². The van der Waals surface area contributed by atoms with E-state index in [1.165, 1.54) is 11.1 Å². The highest BCUT2D eigenvalue weighted by atomic mass is 16.3. The summed E-state index contributed by atoms with van der Waals surface area (Å²) in [6.07, 6.45) is 6.05. The van der Waals surface area contributed by atoms with Crippen LogP contribution in [0.25, 0.3) is 22.3 Å². The van der Waals surface area contributed by atoms with Crippen LogP contribution in [0.2, 0.25) is 0 Å². The minimum atomic E-state index is 0.785. The fourth-order valence-electron chi connectivity index (χ4n) is 2.83. The number of rotatable bonds is 3. The molecule has 0 aliphatic rings. The van der Waals surface area contributed by atoms with Gasteiger partial charge in [-0.05, 0) is 36.2 Å². The third-order valence-corrected chi connectivity index (χ3v) is 3.96. The molecule has 0 amide bonds. The molecule has 112 valence electrons. The molecule has 3 heteroatoms. The topological polar surface area (TPSA) is 38.9 Å². The Morgan fingerprint density at radius 1 is 0.957 bits per heavy atom. The van der Waals surface area contributed by atoms with Crippen LogP contribution in [-0.2, 0) is 6.42 Å². The summed E-state index contributed by atoms with van der Waals surface area (Å²) in [6.45, 7) is 2.10. The summed E-state index contributed by atoms with van der Waals surface area (Å²) < 4.78 is 6.06. The highest BCUT2D eigenvalue weighted by molar-refractivity contribution is 5.83. The van der Waals surface area contributed by atoms with E-state index < -0.39 is 0 Å². The zero-order valence-corrected chi connectivity index (χ0v) is 12.9. The van der Waals surface area contributed by atoms with Gasteiger partial charge in [-0.15, -0.1) is 0 Å². The molecule has 3 nitrogen and oxygen atoms in total. The van der Waals surface area contributed by atoms with Crippen molar-refractivity contribution >= 4 is 11.0 Å². The average Bonchev–Trinajstić information content (AvgIpc) is 3.01. The van der Waals surface area contributed by atoms with Crippen LogP contribution in [0.3, 0.4) is 0 Å². The molecule has 0 atom stereocenters. The van der Waals surface area contributed by atoms with Gasteiger partial charge in [0.2, 0.25) is 0 Å². The van der Waals surface area contributed by atoms with Crippen LogP contribution in [-0.4, -0.2) is 9.97 Å². The maximum atomic E-state index is 6.06. The first-order valence-corrected chi connectivity index (χ1v) is 7.62. The first-order valence-electron chi connectivity index (χ1n) is 7.62.